The van der Waals surface area contributed by atoms with E-state index in [4.69, 9.17) is 0 Å². The zero-order chi connectivity index (χ0) is 15.9. The van der Waals surface area contributed by atoms with E-state index in [9.17, 15) is 8.78 Å². The molecule has 0 radical (unpaired) electrons. The van der Waals surface area contributed by atoms with Crippen LogP contribution in [0.15, 0.2) is 18.2 Å². The quantitative estimate of drug-likeness (QED) is 0.840. The number of hydrogen-bond donors (Lipinski definition) is 0. The van der Waals surface area contributed by atoms with E-state index in [1.54, 1.807) is 6.07 Å². The van der Waals surface area contributed by atoms with Gasteiger partial charge in [0.2, 0.25) is 0 Å². The number of benzene rings is 1. The van der Waals surface area contributed by atoms with Crippen molar-refractivity contribution in [2.45, 2.75) is 44.3 Å². The minimum absolute atomic E-state index is 0.433. The van der Waals surface area contributed by atoms with E-state index in [-0.39, 0.29) is 0 Å². The second-order valence-electron chi connectivity index (χ2n) is 7.39. The van der Waals surface area contributed by atoms with Gasteiger partial charge in [-0.1, -0.05) is 6.07 Å². The van der Waals surface area contributed by atoms with E-state index < -0.39 is 11.6 Å². The minimum atomic E-state index is -0.506. The lowest BCUT2D eigenvalue weighted by Gasteiger charge is -2.27. The Kier molecular flexibility index (Phi) is 4.51. The molecule has 0 heterocycles. The fourth-order valence-corrected chi connectivity index (χ4v) is 4.38. The van der Waals surface area contributed by atoms with Crippen molar-refractivity contribution in [3.63, 3.8) is 0 Å². The summed E-state index contributed by atoms with van der Waals surface area (Å²) in [4.78, 5) is 4.60. The van der Waals surface area contributed by atoms with Crippen molar-refractivity contribution >= 4 is 0 Å². The Labute approximate surface area is 132 Å². The predicted molar refractivity (Wildman–Crippen MR) is 84.5 cm³/mol. The Morgan fingerprint density at radius 3 is 2.09 bits per heavy atom. The summed E-state index contributed by atoms with van der Waals surface area (Å²) in [6, 6.07) is 5.16. The number of rotatable bonds is 4. The average molecular weight is 308 g/mol. The highest BCUT2D eigenvalue weighted by atomic mass is 19.1. The first kappa shape index (κ1) is 15.9. The van der Waals surface area contributed by atoms with E-state index in [0.717, 1.165) is 23.9 Å². The van der Waals surface area contributed by atoms with Gasteiger partial charge in [0, 0.05) is 30.3 Å². The molecule has 4 heteroatoms. The number of fused-ring (bicyclic) bond motifs is 1. The van der Waals surface area contributed by atoms with Gasteiger partial charge in [0.25, 0.3) is 0 Å². The number of hydrogen-bond acceptors (Lipinski definition) is 2. The standard InChI is InChI=1S/C18H26F2N2/c1-21(2)16-6-13-8-17(9-14(13)7-16)22(3)11-12-4-5-15(19)10-18(12)20/h4-5,10,13-14,16-17H,6-9,11H2,1-3H3/t13-,14+,16?,17?. The molecule has 1 aromatic rings. The van der Waals surface area contributed by atoms with E-state index in [0.29, 0.717) is 18.2 Å². The Hall–Kier alpha value is -1.00. The molecule has 4 atom stereocenters. The first-order valence-corrected chi connectivity index (χ1v) is 8.24. The molecule has 1 aromatic carbocycles. The van der Waals surface area contributed by atoms with Gasteiger partial charge in [0.1, 0.15) is 11.6 Å². The van der Waals surface area contributed by atoms with Crippen LogP contribution in [-0.2, 0) is 6.54 Å². The molecule has 2 fully saturated rings. The number of nitrogens with zero attached hydrogens (tertiary/aromatic N) is 2. The van der Waals surface area contributed by atoms with Crippen molar-refractivity contribution in [3.05, 3.63) is 35.4 Å². The lowest BCUT2D eigenvalue weighted by molar-refractivity contribution is 0.210. The van der Waals surface area contributed by atoms with E-state index in [1.165, 1.54) is 31.7 Å². The molecule has 2 aliphatic rings. The van der Waals surface area contributed by atoms with Gasteiger partial charge in [-0.3, -0.25) is 4.90 Å². The molecule has 0 bridgehead atoms. The van der Waals surface area contributed by atoms with Crippen molar-refractivity contribution in [2.75, 3.05) is 21.1 Å². The fraction of sp³-hybridized carbons (Fsp3) is 0.667. The van der Waals surface area contributed by atoms with Gasteiger partial charge in [-0.2, -0.15) is 0 Å². The smallest absolute Gasteiger partial charge is 0.130 e. The van der Waals surface area contributed by atoms with Crippen molar-refractivity contribution in [3.8, 4) is 0 Å². The van der Waals surface area contributed by atoms with E-state index in [2.05, 4.69) is 30.9 Å². The van der Waals surface area contributed by atoms with Crippen molar-refractivity contribution in [1.29, 1.82) is 0 Å². The Morgan fingerprint density at radius 1 is 0.955 bits per heavy atom. The van der Waals surface area contributed by atoms with Crippen LogP contribution in [0.5, 0.6) is 0 Å². The van der Waals surface area contributed by atoms with Crippen molar-refractivity contribution < 1.29 is 8.78 Å². The van der Waals surface area contributed by atoms with Gasteiger partial charge in [-0.15, -0.1) is 0 Å². The molecule has 2 aliphatic carbocycles. The maximum Gasteiger partial charge on any atom is 0.130 e. The molecule has 2 saturated carbocycles. The highest BCUT2D eigenvalue weighted by Gasteiger charge is 2.43. The summed E-state index contributed by atoms with van der Waals surface area (Å²) >= 11 is 0. The average Bonchev–Trinajstić information content (AvgIpc) is 3.00. The first-order chi connectivity index (χ1) is 10.4. The monoisotopic (exact) mass is 308 g/mol. The molecule has 0 N–H and O–H groups in total. The zero-order valence-corrected chi connectivity index (χ0v) is 13.7. The van der Waals surface area contributed by atoms with Crippen LogP contribution in [0.25, 0.3) is 0 Å². The topological polar surface area (TPSA) is 6.48 Å². The molecule has 0 aliphatic heterocycles. The van der Waals surface area contributed by atoms with Crippen LogP contribution in [0.4, 0.5) is 8.78 Å². The molecule has 0 saturated heterocycles. The lowest BCUT2D eigenvalue weighted by atomic mass is 10.0. The van der Waals surface area contributed by atoms with Crippen LogP contribution in [-0.4, -0.2) is 43.0 Å². The summed E-state index contributed by atoms with van der Waals surface area (Å²) < 4.78 is 26.8. The maximum absolute atomic E-state index is 13.8. The highest BCUT2D eigenvalue weighted by Crippen LogP contribution is 2.46. The molecule has 2 unspecified atom stereocenters. The zero-order valence-electron chi connectivity index (χ0n) is 13.7. The second kappa shape index (κ2) is 6.25. The molecule has 0 aromatic heterocycles. The van der Waals surface area contributed by atoms with Gasteiger partial charge >= 0.3 is 0 Å². The third-order valence-corrected chi connectivity index (χ3v) is 5.75. The molecule has 0 spiro atoms. The Balaban J connectivity index is 1.58. The first-order valence-electron chi connectivity index (χ1n) is 8.24. The van der Waals surface area contributed by atoms with Crippen molar-refractivity contribution in [2.24, 2.45) is 11.8 Å². The fourth-order valence-electron chi connectivity index (χ4n) is 4.38. The Bertz CT molecular complexity index is 518. The second-order valence-corrected chi connectivity index (χ2v) is 7.39. The normalized spacial score (nSPS) is 31.2. The molecule has 122 valence electrons. The summed E-state index contributed by atoms with van der Waals surface area (Å²) in [5, 5.41) is 0. The van der Waals surface area contributed by atoms with E-state index >= 15 is 0 Å². The summed E-state index contributed by atoms with van der Waals surface area (Å²) in [5.74, 6) is 0.697. The highest BCUT2D eigenvalue weighted by molar-refractivity contribution is 5.18. The third-order valence-electron chi connectivity index (χ3n) is 5.75. The van der Waals surface area contributed by atoms with E-state index in [1.807, 2.05) is 0 Å². The maximum atomic E-state index is 13.8. The van der Waals surface area contributed by atoms with Gasteiger partial charge in [-0.05, 0) is 64.7 Å². The molecule has 0 amide bonds. The van der Waals surface area contributed by atoms with Crippen LogP contribution in [0, 0.1) is 23.5 Å². The molecular weight excluding hydrogens is 282 g/mol. The SMILES string of the molecule is CN(C)C1C[C@@H]2CC(N(C)Cc3ccc(F)cc3F)C[C@@H]2C1. The summed E-state index contributed by atoms with van der Waals surface area (Å²) in [5.41, 5.74) is 0.590. The molecule has 2 nitrogen and oxygen atoms in total. The van der Waals surface area contributed by atoms with Crippen LogP contribution < -0.4 is 0 Å². The lowest BCUT2D eigenvalue weighted by Crippen LogP contribution is -2.31. The van der Waals surface area contributed by atoms with Gasteiger partial charge in [-0.25, -0.2) is 8.78 Å². The minimum Gasteiger partial charge on any atom is -0.306 e. The van der Waals surface area contributed by atoms with Crippen LogP contribution >= 0.6 is 0 Å². The van der Waals surface area contributed by atoms with Crippen LogP contribution in [0.2, 0.25) is 0 Å². The third kappa shape index (κ3) is 3.18. The summed E-state index contributed by atoms with van der Waals surface area (Å²) in [6.45, 7) is 0.563. The van der Waals surface area contributed by atoms with Crippen molar-refractivity contribution in [1.82, 2.24) is 9.80 Å². The molecule has 22 heavy (non-hydrogen) atoms. The number of halogens is 2. The summed E-state index contributed by atoms with van der Waals surface area (Å²) in [7, 11) is 6.41. The Morgan fingerprint density at radius 2 is 1.55 bits per heavy atom. The van der Waals surface area contributed by atoms with Crippen LogP contribution in [0.3, 0.4) is 0 Å². The van der Waals surface area contributed by atoms with Gasteiger partial charge in [0.15, 0.2) is 0 Å². The predicted octanol–water partition coefficient (Wildman–Crippen LogP) is 3.52. The largest absolute Gasteiger partial charge is 0.306 e. The molecule has 3 rings (SSSR count). The summed E-state index contributed by atoms with van der Waals surface area (Å²) in [6.07, 6.45) is 5.03. The van der Waals surface area contributed by atoms with Gasteiger partial charge < -0.3 is 4.90 Å². The van der Waals surface area contributed by atoms with Crippen LogP contribution in [0.1, 0.15) is 31.2 Å². The van der Waals surface area contributed by atoms with Gasteiger partial charge in [0.05, 0.1) is 0 Å². The molecular formula is C18H26F2N2.